The second-order valence-corrected chi connectivity index (χ2v) is 6.67. The highest BCUT2D eigenvalue weighted by molar-refractivity contribution is 9.11. The van der Waals surface area contributed by atoms with E-state index in [1.807, 2.05) is 0 Å². The van der Waals surface area contributed by atoms with Gasteiger partial charge in [0.1, 0.15) is 0 Å². The highest BCUT2D eigenvalue weighted by Crippen LogP contribution is 2.63. The summed E-state index contributed by atoms with van der Waals surface area (Å²) in [6, 6.07) is 2.18. The van der Waals surface area contributed by atoms with Gasteiger partial charge in [-0.1, -0.05) is 15.9 Å². The Morgan fingerprint density at radius 2 is 1.60 bits per heavy atom. The molecule has 0 radical (unpaired) electrons. The Hall–Kier alpha value is -0.290. The topological polar surface area (TPSA) is 23.8 Å². The second kappa shape index (κ2) is 3.35. The van der Waals surface area contributed by atoms with Crippen molar-refractivity contribution in [3.8, 4) is 6.07 Å². The first-order chi connectivity index (χ1) is 7.22. The summed E-state index contributed by atoms with van der Waals surface area (Å²) >= 11 is 3.66. The van der Waals surface area contributed by atoms with Gasteiger partial charge in [-0.15, -0.1) is 0 Å². The summed E-state index contributed by atoms with van der Waals surface area (Å²) in [4.78, 5) is 0. The number of nitrogens with zero attached hydrogens (tertiary/aromatic N) is 1. The molecule has 0 aliphatic heterocycles. The number of rotatable bonds is 1. The highest BCUT2D eigenvalue weighted by Gasteiger charge is 2.51. The van der Waals surface area contributed by atoms with Crippen LogP contribution in [-0.4, -0.2) is 0 Å². The molecule has 4 aliphatic rings. The highest BCUT2D eigenvalue weighted by atomic mass is 79.9. The molecule has 80 valence electrons. The van der Waals surface area contributed by atoms with Crippen LogP contribution < -0.4 is 0 Å². The van der Waals surface area contributed by atoms with Crippen molar-refractivity contribution in [2.75, 3.05) is 0 Å². The molecule has 0 unspecified atom stereocenters. The number of nitriles is 1. The predicted molar refractivity (Wildman–Crippen MR) is 63.2 cm³/mol. The molecule has 0 aromatic rings. The fraction of sp³-hybridized carbons (Fsp3) is 0.769. The first-order valence-electron chi connectivity index (χ1n) is 5.97. The first kappa shape index (κ1) is 9.90. The second-order valence-electron chi connectivity index (χ2n) is 5.82. The minimum absolute atomic E-state index is 0.366. The molecule has 0 atom stereocenters. The zero-order valence-electron chi connectivity index (χ0n) is 8.88. The van der Waals surface area contributed by atoms with Gasteiger partial charge >= 0.3 is 0 Å². The molecule has 0 heterocycles. The summed E-state index contributed by atoms with van der Waals surface area (Å²) < 4.78 is 1.19. The molecule has 4 fully saturated rings. The molecule has 0 aromatic carbocycles. The maximum atomic E-state index is 8.78. The Morgan fingerprint density at radius 1 is 1.13 bits per heavy atom. The zero-order valence-corrected chi connectivity index (χ0v) is 10.5. The molecular formula is C13H16BrN. The number of hydrogen-bond acceptors (Lipinski definition) is 1. The third-order valence-electron chi connectivity index (χ3n) is 4.74. The van der Waals surface area contributed by atoms with Crippen LogP contribution in [0.5, 0.6) is 0 Å². The largest absolute Gasteiger partial charge is 0.193 e. The average Bonchev–Trinajstić information content (AvgIpc) is 2.15. The summed E-state index contributed by atoms with van der Waals surface area (Å²) in [6.45, 7) is 0. The first-order valence-corrected chi connectivity index (χ1v) is 6.77. The van der Waals surface area contributed by atoms with E-state index in [0.29, 0.717) is 5.41 Å². The predicted octanol–water partition coefficient (Wildman–Crippen LogP) is 4.01. The van der Waals surface area contributed by atoms with Crippen molar-refractivity contribution < 1.29 is 0 Å². The molecule has 4 saturated carbocycles. The Balaban J connectivity index is 1.94. The van der Waals surface area contributed by atoms with Crippen LogP contribution in [0.4, 0.5) is 0 Å². The van der Waals surface area contributed by atoms with Crippen molar-refractivity contribution in [2.45, 2.75) is 38.5 Å². The fourth-order valence-electron chi connectivity index (χ4n) is 4.61. The molecule has 4 rings (SSSR count). The Labute approximate surface area is 99.7 Å². The lowest BCUT2D eigenvalue weighted by Gasteiger charge is -2.56. The zero-order chi connectivity index (χ0) is 10.5. The lowest BCUT2D eigenvalue weighted by atomic mass is 9.49. The monoisotopic (exact) mass is 265 g/mol. The molecule has 1 nitrogen and oxygen atoms in total. The summed E-state index contributed by atoms with van der Waals surface area (Å²) in [6.07, 6.45) is 10.1. The molecule has 2 heteroatoms. The maximum Gasteiger partial charge on any atom is 0.0920 e. The van der Waals surface area contributed by atoms with Crippen molar-refractivity contribution in [2.24, 2.45) is 23.2 Å². The smallest absolute Gasteiger partial charge is 0.0920 e. The maximum absolute atomic E-state index is 8.78. The number of hydrogen-bond donors (Lipinski definition) is 0. The van der Waals surface area contributed by atoms with E-state index < -0.39 is 0 Å². The molecule has 15 heavy (non-hydrogen) atoms. The van der Waals surface area contributed by atoms with E-state index in [1.54, 1.807) is 6.08 Å². The Bertz CT molecular complexity index is 315. The normalized spacial score (nSPS) is 48.0. The lowest BCUT2D eigenvalue weighted by Crippen LogP contribution is -2.46. The van der Waals surface area contributed by atoms with E-state index in [1.165, 1.54) is 43.0 Å². The standard InChI is InChI=1S/C13H16BrN/c14-12(1-2-15)13-6-9-3-10(7-13)5-11(4-9)8-13/h1,9-11H,3-8H2/b12-1-. The van der Waals surface area contributed by atoms with Crippen LogP contribution in [0, 0.1) is 34.5 Å². The molecule has 4 bridgehead atoms. The van der Waals surface area contributed by atoms with Gasteiger partial charge in [0.25, 0.3) is 0 Å². The third kappa shape index (κ3) is 1.47. The van der Waals surface area contributed by atoms with Gasteiger partial charge in [-0.05, 0) is 56.3 Å². The molecule has 0 spiro atoms. The lowest BCUT2D eigenvalue weighted by molar-refractivity contribution is -0.0254. The molecule has 4 aliphatic carbocycles. The van der Waals surface area contributed by atoms with Crippen molar-refractivity contribution in [3.63, 3.8) is 0 Å². The van der Waals surface area contributed by atoms with Gasteiger partial charge in [-0.25, -0.2) is 0 Å². The van der Waals surface area contributed by atoms with Crippen molar-refractivity contribution in [3.05, 3.63) is 10.6 Å². The van der Waals surface area contributed by atoms with Crippen molar-refractivity contribution in [1.29, 1.82) is 5.26 Å². The van der Waals surface area contributed by atoms with Crippen LogP contribution in [0.15, 0.2) is 10.6 Å². The quantitative estimate of drug-likeness (QED) is 0.658. The molecule has 0 saturated heterocycles. The molecule has 0 N–H and O–H groups in total. The van der Waals surface area contributed by atoms with E-state index >= 15 is 0 Å². The van der Waals surface area contributed by atoms with Gasteiger partial charge in [0.15, 0.2) is 0 Å². The van der Waals surface area contributed by atoms with Crippen LogP contribution in [-0.2, 0) is 0 Å². The van der Waals surface area contributed by atoms with Crippen LogP contribution in [0.1, 0.15) is 38.5 Å². The van der Waals surface area contributed by atoms with E-state index in [4.69, 9.17) is 5.26 Å². The van der Waals surface area contributed by atoms with E-state index in [-0.39, 0.29) is 0 Å². The van der Waals surface area contributed by atoms with E-state index in [2.05, 4.69) is 22.0 Å². The van der Waals surface area contributed by atoms with Crippen molar-refractivity contribution in [1.82, 2.24) is 0 Å². The van der Waals surface area contributed by atoms with Crippen LogP contribution in [0.25, 0.3) is 0 Å². The molecule has 0 amide bonds. The van der Waals surface area contributed by atoms with Gasteiger partial charge in [0.05, 0.1) is 6.07 Å². The average molecular weight is 266 g/mol. The van der Waals surface area contributed by atoms with Gasteiger partial charge in [-0.2, -0.15) is 5.26 Å². The minimum atomic E-state index is 0.366. The summed E-state index contributed by atoms with van der Waals surface area (Å²) in [5.41, 5.74) is 0.366. The van der Waals surface area contributed by atoms with E-state index in [9.17, 15) is 0 Å². The number of halogens is 1. The fourth-order valence-corrected chi connectivity index (χ4v) is 5.20. The van der Waals surface area contributed by atoms with Crippen LogP contribution in [0.3, 0.4) is 0 Å². The van der Waals surface area contributed by atoms with Gasteiger partial charge in [-0.3, -0.25) is 0 Å². The third-order valence-corrected chi connectivity index (χ3v) is 5.81. The molecular weight excluding hydrogens is 250 g/mol. The number of allylic oxidation sites excluding steroid dienone is 2. The van der Waals surface area contributed by atoms with E-state index in [0.717, 1.165) is 17.8 Å². The van der Waals surface area contributed by atoms with Gasteiger partial charge in [0, 0.05) is 16.0 Å². The minimum Gasteiger partial charge on any atom is -0.193 e. The summed E-state index contributed by atoms with van der Waals surface area (Å²) in [5, 5.41) is 8.78. The van der Waals surface area contributed by atoms with Crippen LogP contribution in [0.2, 0.25) is 0 Å². The summed E-state index contributed by atoms with van der Waals surface area (Å²) in [5.74, 6) is 2.86. The van der Waals surface area contributed by atoms with Gasteiger partial charge < -0.3 is 0 Å². The Kier molecular flexibility index (Phi) is 2.21. The SMILES string of the molecule is N#C/C=C(\Br)C12CC3CC(CC(C3)C1)C2. The van der Waals surface area contributed by atoms with Crippen LogP contribution >= 0.6 is 15.9 Å². The van der Waals surface area contributed by atoms with Crippen molar-refractivity contribution >= 4 is 15.9 Å². The molecule has 0 aromatic heterocycles. The Morgan fingerprint density at radius 3 is 2.00 bits per heavy atom. The van der Waals surface area contributed by atoms with Gasteiger partial charge in [0.2, 0.25) is 0 Å². The summed E-state index contributed by atoms with van der Waals surface area (Å²) in [7, 11) is 0.